The summed E-state index contributed by atoms with van der Waals surface area (Å²) in [6.07, 6.45) is 3.32. The summed E-state index contributed by atoms with van der Waals surface area (Å²) in [5, 5.41) is 1.99. The van der Waals surface area contributed by atoms with Gasteiger partial charge in [-0.15, -0.1) is 0 Å². The van der Waals surface area contributed by atoms with Gasteiger partial charge < -0.3 is 15.2 Å². The molecule has 1 aliphatic heterocycles. The number of carbonyl (C=O) groups is 1. The van der Waals surface area contributed by atoms with Crippen LogP contribution < -0.4 is 5.73 Å². The van der Waals surface area contributed by atoms with Crippen molar-refractivity contribution in [2.24, 2.45) is 5.73 Å². The number of likely N-dealkylation sites (N-methyl/N-ethyl adjacent to an activating group) is 1. The third-order valence-corrected chi connectivity index (χ3v) is 6.16. The largest absolute Gasteiger partial charge is 0.342 e. The third-order valence-electron chi connectivity index (χ3n) is 5.92. The lowest BCUT2D eigenvalue weighted by Gasteiger charge is -2.26. The molecule has 1 unspecified atom stereocenters. The molecule has 4 rings (SSSR count). The van der Waals surface area contributed by atoms with Crippen molar-refractivity contribution < 1.29 is 4.79 Å². The second kappa shape index (κ2) is 8.27. The van der Waals surface area contributed by atoms with E-state index in [2.05, 4.69) is 39.7 Å². The Morgan fingerprint density at radius 3 is 2.86 bits per heavy atom. The van der Waals surface area contributed by atoms with Crippen molar-refractivity contribution in [1.82, 2.24) is 14.5 Å². The second-order valence-electron chi connectivity index (χ2n) is 8.06. The van der Waals surface area contributed by atoms with Gasteiger partial charge in [0.25, 0.3) is 0 Å². The topological polar surface area (TPSA) is 64.2 Å². The number of fused-ring (bicyclic) bond motifs is 3. The molecule has 2 aromatic heterocycles. The van der Waals surface area contributed by atoms with Crippen LogP contribution in [0.4, 0.5) is 0 Å². The summed E-state index contributed by atoms with van der Waals surface area (Å²) >= 11 is 6.32. The zero-order chi connectivity index (χ0) is 20.5. The van der Waals surface area contributed by atoms with Crippen molar-refractivity contribution in [2.45, 2.75) is 38.8 Å². The Morgan fingerprint density at radius 1 is 1.31 bits per heavy atom. The number of halogens is 1. The number of rotatable bonds is 6. The number of carbonyl (C=O) groups excluding carboxylic acids is 1. The lowest BCUT2D eigenvalue weighted by molar-refractivity contribution is -0.118. The van der Waals surface area contributed by atoms with Crippen LogP contribution in [0.5, 0.6) is 0 Å². The number of pyridine rings is 1. The molecular weight excluding hydrogens is 384 g/mol. The van der Waals surface area contributed by atoms with E-state index in [1.54, 1.807) is 0 Å². The summed E-state index contributed by atoms with van der Waals surface area (Å²) in [6, 6.07) is 10.2. The lowest BCUT2D eigenvalue weighted by Crippen LogP contribution is -2.28. The Hall–Kier alpha value is -2.21. The van der Waals surface area contributed by atoms with E-state index in [0.717, 1.165) is 42.3 Å². The van der Waals surface area contributed by atoms with E-state index in [1.165, 1.54) is 22.2 Å². The summed E-state index contributed by atoms with van der Waals surface area (Å²) < 4.78 is 2.38. The van der Waals surface area contributed by atoms with Gasteiger partial charge in [0.2, 0.25) is 0 Å². The molecule has 1 aromatic carbocycles. The van der Waals surface area contributed by atoms with Gasteiger partial charge in [-0.25, -0.2) is 0 Å². The molecule has 0 bridgehead atoms. The van der Waals surface area contributed by atoms with E-state index in [1.807, 2.05) is 25.3 Å². The van der Waals surface area contributed by atoms with Crippen molar-refractivity contribution in [1.29, 1.82) is 0 Å². The third kappa shape index (κ3) is 4.08. The minimum absolute atomic E-state index is 0.0294. The summed E-state index contributed by atoms with van der Waals surface area (Å²) in [5.74, 6) is 0.0998. The van der Waals surface area contributed by atoms with Gasteiger partial charge in [0.05, 0.1) is 6.54 Å². The molecule has 3 aromatic rings. The van der Waals surface area contributed by atoms with Crippen LogP contribution in [0, 0.1) is 6.92 Å². The van der Waals surface area contributed by atoms with E-state index in [9.17, 15) is 4.79 Å². The molecule has 5 nitrogen and oxygen atoms in total. The zero-order valence-electron chi connectivity index (χ0n) is 17.0. The summed E-state index contributed by atoms with van der Waals surface area (Å²) in [5.41, 5.74) is 11.6. The Kier molecular flexibility index (Phi) is 5.72. The van der Waals surface area contributed by atoms with Gasteiger partial charge in [0, 0.05) is 65.5 Å². The van der Waals surface area contributed by atoms with Crippen molar-refractivity contribution >= 4 is 28.3 Å². The summed E-state index contributed by atoms with van der Waals surface area (Å²) in [4.78, 5) is 19.1. The molecule has 6 heteroatoms. The Bertz CT molecular complexity index is 1040. The van der Waals surface area contributed by atoms with E-state index in [4.69, 9.17) is 17.3 Å². The molecule has 0 saturated carbocycles. The predicted octanol–water partition coefficient (Wildman–Crippen LogP) is 3.69. The molecule has 1 aliphatic rings. The molecule has 0 aliphatic carbocycles. The molecule has 2 N–H and O–H groups in total. The van der Waals surface area contributed by atoms with Crippen molar-refractivity contribution in [3.8, 4) is 0 Å². The van der Waals surface area contributed by atoms with Crippen LogP contribution >= 0.6 is 11.6 Å². The maximum absolute atomic E-state index is 12.3. The van der Waals surface area contributed by atoms with Crippen molar-refractivity contribution in [2.75, 3.05) is 20.1 Å². The standard InChI is InChI=1S/C23H27ClN4O/c1-15-3-4-16(12-26-15)17(9-19(29)11-25)13-28-22-6-5-18(24)10-21(22)20-7-8-27(2)14-23(20)28/h3-6,10,12,17H,7-9,11,13-14,25H2,1-2H3. The van der Waals surface area contributed by atoms with E-state index < -0.39 is 0 Å². The number of nitrogens with zero attached hydrogens (tertiary/aromatic N) is 3. The van der Waals surface area contributed by atoms with Gasteiger partial charge in [0.1, 0.15) is 5.78 Å². The van der Waals surface area contributed by atoms with Crippen LogP contribution in [0.3, 0.4) is 0 Å². The molecular formula is C23H27ClN4O. The highest BCUT2D eigenvalue weighted by Gasteiger charge is 2.25. The molecule has 152 valence electrons. The maximum Gasteiger partial charge on any atom is 0.147 e. The van der Waals surface area contributed by atoms with Gasteiger partial charge in [-0.3, -0.25) is 9.78 Å². The Morgan fingerprint density at radius 2 is 2.14 bits per heavy atom. The number of nitrogens with two attached hydrogens (primary N) is 1. The van der Waals surface area contributed by atoms with Gasteiger partial charge in [-0.1, -0.05) is 17.7 Å². The minimum Gasteiger partial charge on any atom is -0.342 e. The first-order chi connectivity index (χ1) is 14.0. The lowest BCUT2D eigenvalue weighted by atomic mass is 9.94. The number of hydrogen-bond donors (Lipinski definition) is 1. The molecule has 1 atom stereocenters. The zero-order valence-corrected chi connectivity index (χ0v) is 17.7. The number of aryl methyl sites for hydroxylation is 1. The number of benzene rings is 1. The number of Topliss-reactive ketones (excluding diaryl/α,β-unsaturated/α-hetero) is 1. The first kappa shape index (κ1) is 20.1. The van der Waals surface area contributed by atoms with Crippen LogP contribution in [0.25, 0.3) is 10.9 Å². The smallest absolute Gasteiger partial charge is 0.147 e. The first-order valence-corrected chi connectivity index (χ1v) is 10.5. The van der Waals surface area contributed by atoms with Crippen LogP contribution in [0.15, 0.2) is 36.5 Å². The van der Waals surface area contributed by atoms with Gasteiger partial charge >= 0.3 is 0 Å². The average molecular weight is 411 g/mol. The van der Waals surface area contributed by atoms with Gasteiger partial charge in [-0.2, -0.15) is 0 Å². The fourth-order valence-electron chi connectivity index (χ4n) is 4.34. The number of hydrogen-bond acceptors (Lipinski definition) is 4. The summed E-state index contributed by atoms with van der Waals surface area (Å²) in [7, 11) is 2.15. The maximum atomic E-state index is 12.3. The quantitative estimate of drug-likeness (QED) is 0.673. The van der Waals surface area contributed by atoms with E-state index >= 15 is 0 Å². The Balaban J connectivity index is 1.80. The highest BCUT2D eigenvalue weighted by molar-refractivity contribution is 6.31. The molecule has 0 saturated heterocycles. The monoisotopic (exact) mass is 410 g/mol. The second-order valence-corrected chi connectivity index (χ2v) is 8.50. The van der Waals surface area contributed by atoms with Crippen LogP contribution in [-0.2, 0) is 24.3 Å². The molecule has 29 heavy (non-hydrogen) atoms. The summed E-state index contributed by atoms with van der Waals surface area (Å²) in [6.45, 7) is 4.69. The highest BCUT2D eigenvalue weighted by atomic mass is 35.5. The minimum atomic E-state index is 0.0294. The van der Waals surface area contributed by atoms with Crippen molar-refractivity contribution in [3.05, 3.63) is 64.1 Å². The predicted molar refractivity (Wildman–Crippen MR) is 117 cm³/mol. The molecule has 3 heterocycles. The highest BCUT2D eigenvalue weighted by Crippen LogP contribution is 2.34. The first-order valence-electron chi connectivity index (χ1n) is 10.1. The van der Waals surface area contributed by atoms with Crippen LogP contribution in [-0.4, -0.2) is 40.4 Å². The number of ketones is 1. The molecule has 0 radical (unpaired) electrons. The van der Waals surface area contributed by atoms with Crippen LogP contribution in [0.1, 0.15) is 34.9 Å². The fraction of sp³-hybridized carbons (Fsp3) is 0.391. The normalized spacial score (nSPS) is 15.4. The average Bonchev–Trinajstić information content (AvgIpc) is 3.00. The molecule has 0 spiro atoms. The Labute approximate surface area is 176 Å². The number of aromatic nitrogens is 2. The van der Waals surface area contributed by atoms with Gasteiger partial charge in [0.15, 0.2) is 0 Å². The van der Waals surface area contributed by atoms with Crippen LogP contribution in [0.2, 0.25) is 5.02 Å². The molecule has 0 amide bonds. The van der Waals surface area contributed by atoms with Gasteiger partial charge in [-0.05, 0) is 55.8 Å². The molecule has 0 fully saturated rings. The van der Waals surface area contributed by atoms with E-state index in [-0.39, 0.29) is 18.2 Å². The van der Waals surface area contributed by atoms with E-state index in [0.29, 0.717) is 6.42 Å². The van der Waals surface area contributed by atoms with Crippen molar-refractivity contribution in [3.63, 3.8) is 0 Å². The SMILES string of the molecule is Cc1ccc(C(CC(=O)CN)Cn2c3c(c4cc(Cl)ccc42)CCN(C)C3)cn1. The fourth-order valence-corrected chi connectivity index (χ4v) is 4.51.